The summed E-state index contributed by atoms with van der Waals surface area (Å²) < 4.78 is 4.15. The van der Waals surface area contributed by atoms with Gasteiger partial charge in [-0.15, -0.1) is 10.2 Å². The molecule has 3 rings (SSSR count). The number of aryl methyl sites for hydroxylation is 1. The van der Waals surface area contributed by atoms with Gasteiger partial charge in [0.2, 0.25) is 0 Å². The lowest BCUT2D eigenvalue weighted by molar-refractivity contribution is 0.583. The second-order valence-electron chi connectivity index (χ2n) is 4.16. The van der Waals surface area contributed by atoms with Crippen LogP contribution in [0.5, 0.6) is 0 Å². The molecule has 1 N–H and O–H groups in total. The highest BCUT2D eigenvalue weighted by Gasteiger charge is 2.13. The van der Waals surface area contributed by atoms with Crippen molar-refractivity contribution >= 4 is 17.4 Å². The van der Waals surface area contributed by atoms with E-state index in [-0.39, 0.29) is 0 Å². The van der Waals surface area contributed by atoms with Crippen LogP contribution in [-0.2, 0) is 0 Å². The average molecular weight is 262 g/mol. The Morgan fingerprint density at radius 1 is 1.22 bits per heavy atom. The maximum Gasteiger partial charge on any atom is 0.164 e. The van der Waals surface area contributed by atoms with Crippen molar-refractivity contribution in [1.29, 1.82) is 0 Å². The molecule has 1 aliphatic heterocycles. The number of nitrogens with zero attached hydrogens (tertiary/aromatic N) is 5. The number of hydrogen-bond acceptors (Lipinski definition) is 7. The molecule has 0 aromatic carbocycles. The Bertz CT molecular complexity index is 517. The Balaban J connectivity index is 1.80. The molecule has 6 nitrogen and oxygen atoms in total. The zero-order valence-electron chi connectivity index (χ0n) is 10.1. The summed E-state index contributed by atoms with van der Waals surface area (Å²) in [4.78, 5) is 6.54. The van der Waals surface area contributed by atoms with Crippen LogP contribution >= 0.6 is 11.5 Å². The lowest BCUT2D eigenvalue weighted by Crippen LogP contribution is -2.43. The number of piperazine rings is 1. The molecule has 7 heteroatoms. The van der Waals surface area contributed by atoms with Gasteiger partial charge in [0.15, 0.2) is 10.8 Å². The molecule has 1 fully saturated rings. The molecule has 94 valence electrons. The summed E-state index contributed by atoms with van der Waals surface area (Å²) >= 11 is 1.36. The molecule has 0 bridgehead atoms. The highest BCUT2D eigenvalue weighted by atomic mass is 32.1. The molecule has 2 aromatic heterocycles. The second-order valence-corrected chi connectivity index (χ2v) is 4.91. The fourth-order valence-corrected chi connectivity index (χ4v) is 2.54. The molecule has 0 amide bonds. The minimum absolute atomic E-state index is 0.781. The number of hydrogen-bond donors (Lipinski definition) is 1. The van der Waals surface area contributed by atoms with E-state index >= 15 is 0 Å². The van der Waals surface area contributed by atoms with Crippen molar-refractivity contribution in [2.45, 2.75) is 6.92 Å². The van der Waals surface area contributed by atoms with Gasteiger partial charge in [-0.25, -0.2) is 4.98 Å². The Kier molecular flexibility index (Phi) is 3.16. The highest BCUT2D eigenvalue weighted by molar-refractivity contribution is 7.09. The van der Waals surface area contributed by atoms with Crippen LogP contribution in [0.2, 0.25) is 0 Å². The van der Waals surface area contributed by atoms with Crippen molar-refractivity contribution in [3.05, 3.63) is 18.0 Å². The maximum absolute atomic E-state index is 4.30. The molecule has 0 aliphatic carbocycles. The van der Waals surface area contributed by atoms with E-state index in [1.807, 2.05) is 19.1 Å². The number of nitrogens with one attached hydrogen (secondary N) is 1. The molecule has 2 aromatic rings. The van der Waals surface area contributed by atoms with E-state index < -0.39 is 0 Å². The number of rotatable bonds is 2. The van der Waals surface area contributed by atoms with Crippen LogP contribution in [0.3, 0.4) is 0 Å². The van der Waals surface area contributed by atoms with Gasteiger partial charge in [0.05, 0.1) is 0 Å². The largest absolute Gasteiger partial charge is 0.353 e. The Hall–Kier alpha value is -1.60. The topological polar surface area (TPSA) is 66.8 Å². The van der Waals surface area contributed by atoms with Crippen LogP contribution in [0.1, 0.15) is 5.82 Å². The van der Waals surface area contributed by atoms with Crippen LogP contribution in [0, 0.1) is 6.92 Å². The summed E-state index contributed by atoms with van der Waals surface area (Å²) in [7, 11) is 0. The van der Waals surface area contributed by atoms with E-state index in [1.54, 1.807) is 0 Å². The van der Waals surface area contributed by atoms with Crippen LogP contribution in [0.15, 0.2) is 12.1 Å². The molecule has 0 radical (unpaired) electrons. The van der Waals surface area contributed by atoms with Crippen LogP contribution in [0.25, 0.3) is 10.7 Å². The van der Waals surface area contributed by atoms with Gasteiger partial charge in [-0.1, -0.05) is 0 Å². The summed E-state index contributed by atoms with van der Waals surface area (Å²) in [6.45, 7) is 5.83. The van der Waals surface area contributed by atoms with Gasteiger partial charge in [-0.2, -0.15) is 4.37 Å². The van der Waals surface area contributed by atoms with E-state index in [0.717, 1.165) is 48.5 Å². The van der Waals surface area contributed by atoms with E-state index in [1.165, 1.54) is 11.5 Å². The van der Waals surface area contributed by atoms with Crippen molar-refractivity contribution in [3.63, 3.8) is 0 Å². The molecule has 0 unspecified atom stereocenters. The first-order valence-corrected chi connectivity index (χ1v) is 6.70. The third kappa shape index (κ3) is 2.32. The smallest absolute Gasteiger partial charge is 0.164 e. The fourth-order valence-electron chi connectivity index (χ4n) is 1.90. The molecular weight excluding hydrogens is 248 g/mol. The summed E-state index contributed by atoms with van der Waals surface area (Å²) in [5.74, 6) is 1.71. The molecule has 1 saturated heterocycles. The van der Waals surface area contributed by atoms with E-state index in [0.29, 0.717) is 0 Å². The van der Waals surface area contributed by atoms with E-state index in [4.69, 9.17) is 0 Å². The molecule has 1 aliphatic rings. The van der Waals surface area contributed by atoms with Crippen LogP contribution in [0.4, 0.5) is 5.82 Å². The van der Waals surface area contributed by atoms with Crippen LogP contribution < -0.4 is 10.2 Å². The van der Waals surface area contributed by atoms with Gasteiger partial charge < -0.3 is 10.2 Å². The minimum Gasteiger partial charge on any atom is -0.353 e. The standard InChI is InChI=1S/C11H14N6S/c1-8-13-11(18-16-8)9-2-3-10(15-14-9)17-6-4-12-5-7-17/h2-3,12H,4-7H2,1H3. The summed E-state index contributed by atoms with van der Waals surface area (Å²) in [6.07, 6.45) is 0. The van der Waals surface area contributed by atoms with Crippen molar-refractivity contribution in [2.75, 3.05) is 31.1 Å². The molecule has 3 heterocycles. The van der Waals surface area contributed by atoms with Gasteiger partial charge in [-0.05, 0) is 30.6 Å². The highest BCUT2D eigenvalue weighted by Crippen LogP contribution is 2.20. The van der Waals surface area contributed by atoms with Crippen molar-refractivity contribution in [2.24, 2.45) is 0 Å². The lowest BCUT2D eigenvalue weighted by atomic mass is 10.3. The Labute approximate surface area is 109 Å². The predicted octanol–water partition coefficient (Wildman–Crippen LogP) is 0.713. The first-order chi connectivity index (χ1) is 8.83. The van der Waals surface area contributed by atoms with Crippen LogP contribution in [-0.4, -0.2) is 45.7 Å². The minimum atomic E-state index is 0.781. The van der Waals surface area contributed by atoms with E-state index in [2.05, 4.69) is 29.8 Å². The average Bonchev–Trinajstić information content (AvgIpc) is 2.87. The zero-order chi connectivity index (χ0) is 12.4. The predicted molar refractivity (Wildman–Crippen MR) is 70.8 cm³/mol. The summed E-state index contributed by atoms with van der Waals surface area (Å²) in [6, 6.07) is 3.97. The van der Waals surface area contributed by atoms with Crippen molar-refractivity contribution < 1.29 is 0 Å². The van der Waals surface area contributed by atoms with Gasteiger partial charge in [0.25, 0.3) is 0 Å². The Morgan fingerprint density at radius 3 is 2.67 bits per heavy atom. The zero-order valence-corrected chi connectivity index (χ0v) is 10.9. The molecule has 0 atom stereocenters. The SMILES string of the molecule is Cc1nsc(-c2ccc(N3CCNCC3)nn2)n1. The second kappa shape index (κ2) is 4.95. The number of aromatic nitrogens is 4. The van der Waals surface area contributed by atoms with Gasteiger partial charge in [0, 0.05) is 26.2 Å². The summed E-state index contributed by atoms with van der Waals surface area (Å²) in [5, 5.41) is 12.7. The quantitative estimate of drug-likeness (QED) is 0.860. The molecule has 0 spiro atoms. The third-order valence-corrected chi connectivity index (χ3v) is 3.67. The number of anilines is 1. The molecule has 18 heavy (non-hydrogen) atoms. The lowest BCUT2D eigenvalue weighted by Gasteiger charge is -2.27. The fraction of sp³-hybridized carbons (Fsp3) is 0.455. The normalized spacial score (nSPS) is 15.9. The van der Waals surface area contributed by atoms with Crippen molar-refractivity contribution in [1.82, 2.24) is 24.9 Å². The Morgan fingerprint density at radius 2 is 2.06 bits per heavy atom. The first kappa shape index (κ1) is 11.5. The third-order valence-electron chi connectivity index (χ3n) is 2.84. The molecular formula is C11H14N6S. The van der Waals surface area contributed by atoms with Crippen molar-refractivity contribution in [3.8, 4) is 10.7 Å². The van der Waals surface area contributed by atoms with Gasteiger partial charge in [-0.3, -0.25) is 0 Å². The monoisotopic (exact) mass is 262 g/mol. The first-order valence-electron chi connectivity index (χ1n) is 5.93. The van der Waals surface area contributed by atoms with E-state index in [9.17, 15) is 0 Å². The molecule has 0 saturated carbocycles. The maximum atomic E-state index is 4.30. The van der Waals surface area contributed by atoms with Gasteiger partial charge in [0.1, 0.15) is 11.5 Å². The van der Waals surface area contributed by atoms with Gasteiger partial charge >= 0.3 is 0 Å². The summed E-state index contributed by atoms with van der Waals surface area (Å²) in [5.41, 5.74) is 0.791.